The van der Waals surface area contributed by atoms with Crippen LogP contribution < -0.4 is 5.32 Å². The van der Waals surface area contributed by atoms with E-state index in [2.05, 4.69) is 5.32 Å². The number of nitrogens with one attached hydrogen (secondary N) is 1. The van der Waals surface area contributed by atoms with Crippen molar-refractivity contribution in [2.75, 3.05) is 24.6 Å². The topological polar surface area (TPSA) is 72.5 Å². The van der Waals surface area contributed by atoms with Crippen LogP contribution in [0.5, 0.6) is 0 Å². The Labute approximate surface area is 115 Å². The maximum atomic E-state index is 12.3. The van der Waals surface area contributed by atoms with Gasteiger partial charge in [-0.2, -0.15) is 0 Å². The van der Waals surface area contributed by atoms with E-state index in [9.17, 15) is 13.2 Å². The first-order valence-corrected chi connectivity index (χ1v) is 8.60. The molecule has 2 heterocycles. The van der Waals surface area contributed by atoms with E-state index in [4.69, 9.17) is 4.74 Å². The molecule has 2 aliphatic rings. The lowest BCUT2D eigenvalue weighted by atomic mass is 9.71. The molecule has 2 fully saturated rings. The van der Waals surface area contributed by atoms with Crippen molar-refractivity contribution in [2.24, 2.45) is 11.3 Å². The van der Waals surface area contributed by atoms with Crippen LogP contribution in [0.1, 0.15) is 33.6 Å². The van der Waals surface area contributed by atoms with Crippen LogP contribution in [-0.2, 0) is 19.4 Å². The predicted octanol–water partition coefficient (Wildman–Crippen LogP) is 0.742. The summed E-state index contributed by atoms with van der Waals surface area (Å²) in [4.78, 5) is 12.3. The van der Waals surface area contributed by atoms with Crippen LogP contribution >= 0.6 is 0 Å². The average Bonchev–Trinajstić information content (AvgIpc) is 2.48. The molecule has 2 aliphatic heterocycles. The molecule has 0 amide bonds. The zero-order chi connectivity index (χ0) is 14.3. The smallest absolute Gasteiger partial charge is 0.311 e. The lowest BCUT2D eigenvalue weighted by Crippen LogP contribution is -2.45. The summed E-state index contributed by atoms with van der Waals surface area (Å²) in [6, 6.07) is 0. The van der Waals surface area contributed by atoms with Gasteiger partial charge in [0.25, 0.3) is 0 Å². The first-order chi connectivity index (χ1) is 8.64. The van der Waals surface area contributed by atoms with Gasteiger partial charge in [-0.1, -0.05) is 0 Å². The van der Waals surface area contributed by atoms with Crippen molar-refractivity contribution in [2.45, 2.75) is 39.2 Å². The van der Waals surface area contributed by atoms with E-state index < -0.39 is 26.8 Å². The molecular formula is C13H23NO4S. The second-order valence-electron chi connectivity index (χ2n) is 6.75. The van der Waals surface area contributed by atoms with Crippen LogP contribution in [0, 0.1) is 11.3 Å². The molecule has 0 aromatic rings. The third-order valence-corrected chi connectivity index (χ3v) is 5.81. The van der Waals surface area contributed by atoms with Crippen molar-refractivity contribution in [1.29, 1.82) is 0 Å². The number of hydrogen-bond donors (Lipinski definition) is 1. The molecule has 0 saturated carbocycles. The fraction of sp³-hybridized carbons (Fsp3) is 0.923. The Morgan fingerprint density at radius 2 is 1.84 bits per heavy atom. The zero-order valence-corrected chi connectivity index (χ0v) is 12.7. The Kier molecular flexibility index (Phi) is 3.68. The number of hydrogen-bond acceptors (Lipinski definition) is 5. The minimum Gasteiger partial charge on any atom is -0.460 e. The first kappa shape index (κ1) is 14.8. The van der Waals surface area contributed by atoms with E-state index in [0.717, 1.165) is 25.9 Å². The van der Waals surface area contributed by atoms with E-state index in [1.807, 2.05) is 20.8 Å². The van der Waals surface area contributed by atoms with Gasteiger partial charge in [0, 0.05) is 5.41 Å². The van der Waals surface area contributed by atoms with Gasteiger partial charge in [-0.25, -0.2) is 8.42 Å². The Hall–Kier alpha value is -0.620. The molecule has 1 unspecified atom stereocenters. The molecule has 0 aromatic carbocycles. The Morgan fingerprint density at radius 3 is 2.37 bits per heavy atom. The summed E-state index contributed by atoms with van der Waals surface area (Å²) in [7, 11) is -3.13. The number of esters is 1. The molecular weight excluding hydrogens is 266 g/mol. The van der Waals surface area contributed by atoms with Gasteiger partial charge < -0.3 is 10.1 Å². The highest BCUT2D eigenvalue weighted by molar-refractivity contribution is 7.91. The average molecular weight is 289 g/mol. The van der Waals surface area contributed by atoms with Crippen molar-refractivity contribution in [3.63, 3.8) is 0 Å². The molecule has 6 heteroatoms. The highest BCUT2D eigenvalue weighted by Crippen LogP contribution is 2.45. The third kappa shape index (κ3) is 3.28. The van der Waals surface area contributed by atoms with Crippen molar-refractivity contribution in [3.05, 3.63) is 0 Å². The lowest BCUT2D eigenvalue weighted by Gasteiger charge is -2.37. The number of ether oxygens (including phenoxy) is 1. The molecule has 0 bridgehead atoms. The lowest BCUT2D eigenvalue weighted by molar-refractivity contribution is -0.163. The molecule has 1 atom stereocenters. The van der Waals surface area contributed by atoms with Gasteiger partial charge in [-0.3, -0.25) is 4.79 Å². The SMILES string of the molecule is CC(C)(C)OC(=O)C1CS(=O)(=O)CC12CCNCC2. The number of rotatable bonds is 1. The van der Waals surface area contributed by atoms with Gasteiger partial charge in [0.2, 0.25) is 0 Å². The molecule has 5 nitrogen and oxygen atoms in total. The van der Waals surface area contributed by atoms with E-state index >= 15 is 0 Å². The van der Waals surface area contributed by atoms with Gasteiger partial charge in [-0.15, -0.1) is 0 Å². The minimum atomic E-state index is -3.13. The van der Waals surface area contributed by atoms with Crippen LogP contribution in [-0.4, -0.2) is 44.6 Å². The molecule has 1 N–H and O–H groups in total. The van der Waals surface area contributed by atoms with Gasteiger partial charge in [0.1, 0.15) is 5.60 Å². The number of sulfone groups is 1. The highest BCUT2D eigenvalue weighted by Gasteiger charge is 2.54. The summed E-state index contributed by atoms with van der Waals surface area (Å²) in [6.07, 6.45) is 1.46. The van der Waals surface area contributed by atoms with E-state index in [-0.39, 0.29) is 17.5 Å². The van der Waals surface area contributed by atoms with Crippen molar-refractivity contribution in [3.8, 4) is 0 Å². The number of carbonyl (C=O) groups is 1. The van der Waals surface area contributed by atoms with Crippen LogP contribution in [0.25, 0.3) is 0 Å². The number of carbonyl (C=O) groups excluding carboxylic acids is 1. The molecule has 110 valence electrons. The van der Waals surface area contributed by atoms with Gasteiger partial charge in [0.15, 0.2) is 9.84 Å². The maximum Gasteiger partial charge on any atom is 0.311 e. The third-order valence-electron chi connectivity index (χ3n) is 3.96. The summed E-state index contributed by atoms with van der Waals surface area (Å²) in [5, 5.41) is 3.22. The summed E-state index contributed by atoms with van der Waals surface area (Å²) >= 11 is 0. The number of piperidine rings is 1. The Morgan fingerprint density at radius 1 is 1.26 bits per heavy atom. The second-order valence-corrected chi connectivity index (χ2v) is 8.86. The van der Waals surface area contributed by atoms with Gasteiger partial charge in [-0.05, 0) is 46.7 Å². The van der Waals surface area contributed by atoms with Crippen LogP contribution in [0.2, 0.25) is 0 Å². The Balaban J connectivity index is 2.23. The molecule has 19 heavy (non-hydrogen) atoms. The summed E-state index contributed by atoms with van der Waals surface area (Å²) in [5.41, 5.74) is -0.982. The zero-order valence-electron chi connectivity index (χ0n) is 11.9. The van der Waals surface area contributed by atoms with Crippen LogP contribution in [0.15, 0.2) is 0 Å². The fourth-order valence-electron chi connectivity index (χ4n) is 3.14. The largest absolute Gasteiger partial charge is 0.460 e. The molecule has 2 saturated heterocycles. The van der Waals surface area contributed by atoms with Crippen molar-refractivity contribution < 1.29 is 17.9 Å². The van der Waals surface area contributed by atoms with Crippen LogP contribution in [0.3, 0.4) is 0 Å². The molecule has 0 radical (unpaired) electrons. The molecule has 0 aliphatic carbocycles. The standard InChI is InChI=1S/C13H23NO4S/c1-12(2,3)18-11(15)10-8-19(16,17)9-13(10)4-6-14-7-5-13/h10,14H,4-9H2,1-3H3. The normalized spacial score (nSPS) is 29.3. The highest BCUT2D eigenvalue weighted by atomic mass is 32.2. The summed E-state index contributed by atoms with van der Waals surface area (Å²) < 4.78 is 29.3. The van der Waals surface area contributed by atoms with Crippen molar-refractivity contribution >= 4 is 15.8 Å². The van der Waals surface area contributed by atoms with Gasteiger partial charge in [0.05, 0.1) is 17.4 Å². The maximum absolute atomic E-state index is 12.3. The van der Waals surface area contributed by atoms with Crippen molar-refractivity contribution in [1.82, 2.24) is 5.32 Å². The minimum absolute atomic E-state index is 0.0537. The fourth-order valence-corrected chi connectivity index (χ4v) is 5.62. The van der Waals surface area contributed by atoms with Gasteiger partial charge >= 0.3 is 5.97 Å². The second kappa shape index (κ2) is 4.74. The van der Waals surface area contributed by atoms with E-state index in [1.165, 1.54) is 0 Å². The first-order valence-electron chi connectivity index (χ1n) is 6.78. The Bertz CT molecular complexity index is 458. The quantitative estimate of drug-likeness (QED) is 0.721. The summed E-state index contributed by atoms with van der Waals surface area (Å²) in [6.45, 7) is 6.97. The monoisotopic (exact) mass is 289 g/mol. The van der Waals surface area contributed by atoms with Crippen LogP contribution in [0.4, 0.5) is 0 Å². The molecule has 0 aromatic heterocycles. The summed E-state index contributed by atoms with van der Waals surface area (Å²) in [5.74, 6) is -0.776. The van der Waals surface area contributed by atoms with E-state index in [0.29, 0.717) is 0 Å². The predicted molar refractivity (Wildman–Crippen MR) is 72.5 cm³/mol. The molecule has 1 spiro atoms. The van der Waals surface area contributed by atoms with E-state index in [1.54, 1.807) is 0 Å². The molecule has 2 rings (SSSR count).